The van der Waals surface area contributed by atoms with Crippen LogP contribution in [0.4, 0.5) is 5.69 Å². The Labute approximate surface area is 185 Å². The molecule has 0 unspecified atom stereocenters. The van der Waals surface area contributed by atoms with Crippen LogP contribution < -0.4 is 15.4 Å². The number of rotatable bonds is 3. The van der Waals surface area contributed by atoms with E-state index in [-0.39, 0.29) is 11.0 Å². The van der Waals surface area contributed by atoms with E-state index in [1.807, 2.05) is 42.5 Å². The third-order valence-corrected chi connectivity index (χ3v) is 5.80. The number of carbonyl (C=O) groups excluding carboxylic acids is 1. The highest BCUT2D eigenvalue weighted by molar-refractivity contribution is 7.80. The molecule has 0 spiro atoms. The molecule has 0 fully saturated rings. The average molecular weight is 425 g/mol. The van der Waals surface area contributed by atoms with Crippen molar-refractivity contribution in [1.29, 1.82) is 0 Å². The number of amides is 1. The van der Waals surface area contributed by atoms with Gasteiger partial charge >= 0.3 is 0 Å². The van der Waals surface area contributed by atoms with E-state index in [9.17, 15) is 4.79 Å². The molecule has 31 heavy (non-hydrogen) atoms. The summed E-state index contributed by atoms with van der Waals surface area (Å²) >= 11 is 5.40. The van der Waals surface area contributed by atoms with Crippen molar-refractivity contribution in [3.8, 4) is 16.9 Å². The molecule has 0 radical (unpaired) electrons. The lowest BCUT2D eigenvalue weighted by molar-refractivity contribution is 0.0975. The SMILES string of the molecule is COc1cc2ccccc2cc1C(=O)NC(=S)Nc1ccc2c(c1)Cc1ccccc1-2. The third kappa shape index (κ3) is 3.64. The molecule has 2 N–H and O–H groups in total. The van der Waals surface area contributed by atoms with Crippen LogP contribution in [-0.2, 0) is 6.42 Å². The zero-order valence-electron chi connectivity index (χ0n) is 16.9. The van der Waals surface area contributed by atoms with Crippen LogP contribution in [0.3, 0.4) is 0 Å². The lowest BCUT2D eigenvalue weighted by Gasteiger charge is -2.13. The maximum atomic E-state index is 12.9. The van der Waals surface area contributed by atoms with Crippen LogP contribution in [0.15, 0.2) is 78.9 Å². The van der Waals surface area contributed by atoms with Crippen molar-refractivity contribution in [2.45, 2.75) is 6.42 Å². The Bertz CT molecular complexity index is 1350. The van der Waals surface area contributed by atoms with Gasteiger partial charge in [0.15, 0.2) is 5.11 Å². The van der Waals surface area contributed by atoms with Gasteiger partial charge in [-0.05, 0) is 75.9 Å². The molecule has 4 nitrogen and oxygen atoms in total. The quantitative estimate of drug-likeness (QED) is 0.373. The van der Waals surface area contributed by atoms with Crippen LogP contribution in [0, 0.1) is 0 Å². The van der Waals surface area contributed by atoms with Gasteiger partial charge < -0.3 is 10.1 Å². The van der Waals surface area contributed by atoms with Crippen molar-refractivity contribution in [2.75, 3.05) is 12.4 Å². The number of nitrogens with one attached hydrogen (secondary N) is 2. The topological polar surface area (TPSA) is 50.4 Å². The summed E-state index contributed by atoms with van der Waals surface area (Å²) in [4.78, 5) is 12.9. The minimum atomic E-state index is -0.311. The van der Waals surface area contributed by atoms with Gasteiger partial charge in [0.25, 0.3) is 5.91 Å². The molecule has 4 aromatic rings. The van der Waals surface area contributed by atoms with Crippen LogP contribution >= 0.6 is 12.2 Å². The first-order valence-electron chi connectivity index (χ1n) is 10.0. The van der Waals surface area contributed by atoms with Gasteiger partial charge in [0.05, 0.1) is 12.7 Å². The van der Waals surface area contributed by atoms with E-state index >= 15 is 0 Å². The first-order chi connectivity index (χ1) is 15.1. The molecular formula is C26H20N2O2S. The molecule has 0 aliphatic heterocycles. The zero-order chi connectivity index (χ0) is 21.4. The lowest BCUT2D eigenvalue weighted by atomic mass is 10.1. The van der Waals surface area contributed by atoms with Gasteiger partial charge in [0.2, 0.25) is 0 Å². The number of methoxy groups -OCH3 is 1. The Morgan fingerprint density at radius 2 is 1.58 bits per heavy atom. The van der Waals surface area contributed by atoms with Gasteiger partial charge in [-0.25, -0.2) is 0 Å². The molecule has 1 aliphatic carbocycles. The summed E-state index contributed by atoms with van der Waals surface area (Å²) in [5.74, 6) is 0.197. The fourth-order valence-electron chi connectivity index (χ4n) is 4.12. The minimum Gasteiger partial charge on any atom is -0.496 e. The van der Waals surface area contributed by atoms with Crippen LogP contribution in [0.2, 0.25) is 0 Å². The molecule has 5 heteroatoms. The molecule has 152 valence electrons. The molecule has 1 aliphatic rings. The van der Waals surface area contributed by atoms with Crippen LogP contribution in [0.5, 0.6) is 5.75 Å². The molecule has 4 aromatic carbocycles. The van der Waals surface area contributed by atoms with E-state index in [4.69, 9.17) is 17.0 Å². The van der Waals surface area contributed by atoms with E-state index in [0.29, 0.717) is 11.3 Å². The summed E-state index contributed by atoms with van der Waals surface area (Å²) < 4.78 is 5.43. The molecule has 0 bridgehead atoms. The normalized spacial score (nSPS) is 11.5. The third-order valence-electron chi connectivity index (χ3n) is 5.59. The van der Waals surface area contributed by atoms with E-state index in [2.05, 4.69) is 47.0 Å². The maximum absolute atomic E-state index is 12.9. The van der Waals surface area contributed by atoms with Gasteiger partial charge in [-0.15, -0.1) is 0 Å². The van der Waals surface area contributed by atoms with Crippen LogP contribution in [0.25, 0.3) is 21.9 Å². The smallest absolute Gasteiger partial charge is 0.261 e. The van der Waals surface area contributed by atoms with Gasteiger partial charge in [-0.2, -0.15) is 0 Å². The summed E-state index contributed by atoms with van der Waals surface area (Å²) in [6, 6.07) is 26.1. The number of fused-ring (bicyclic) bond motifs is 4. The Hall–Kier alpha value is -3.70. The van der Waals surface area contributed by atoms with Crippen molar-refractivity contribution in [3.63, 3.8) is 0 Å². The highest BCUT2D eigenvalue weighted by atomic mass is 32.1. The number of hydrogen-bond acceptors (Lipinski definition) is 3. The largest absolute Gasteiger partial charge is 0.496 e. The number of thiocarbonyl (C=S) groups is 1. The Morgan fingerprint density at radius 1 is 0.871 bits per heavy atom. The summed E-state index contributed by atoms with van der Waals surface area (Å²) in [5.41, 5.74) is 6.39. The van der Waals surface area contributed by atoms with E-state index in [1.54, 1.807) is 7.11 Å². The molecule has 1 amide bonds. The first kappa shape index (κ1) is 19.3. The second-order valence-electron chi connectivity index (χ2n) is 7.51. The number of carbonyl (C=O) groups is 1. The standard InChI is InChI=1S/C26H20N2O2S/c1-30-24-15-17-7-3-2-6-16(17)14-23(24)25(29)28-26(31)27-20-10-11-22-19(13-20)12-18-8-4-5-9-21(18)22/h2-11,13-15H,12H2,1H3,(H2,27,28,29,31). The second-order valence-corrected chi connectivity index (χ2v) is 7.92. The van der Waals surface area contributed by atoms with Crippen LogP contribution in [-0.4, -0.2) is 18.1 Å². The molecule has 0 saturated heterocycles. The van der Waals surface area contributed by atoms with Crippen molar-refractivity contribution in [3.05, 3.63) is 95.6 Å². The Balaban J connectivity index is 1.33. The number of ether oxygens (including phenoxy) is 1. The minimum absolute atomic E-state index is 0.246. The molecule has 5 rings (SSSR count). The first-order valence-corrected chi connectivity index (χ1v) is 10.4. The summed E-state index contributed by atoms with van der Waals surface area (Å²) in [5, 5.41) is 8.12. The predicted molar refractivity (Wildman–Crippen MR) is 129 cm³/mol. The molecule has 0 aromatic heterocycles. The molecular weight excluding hydrogens is 404 g/mol. The second kappa shape index (κ2) is 7.85. The van der Waals surface area contributed by atoms with Crippen molar-refractivity contribution < 1.29 is 9.53 Å². The highest BCUT2D eigenvalue weighted by Gasteiger charge is 2.19. The predicted octanol–water partition coefficient (Wildman–Crippen LogP) is 5.55. The van der Waals surface area contributed by atoms with Gasteiger partial charge in [-0.1, -0.05) is 54.6 Å². The van der Waals surface area contributed by atoms with Gasteiger partial charge in [0.1, 0.15) is 5.75 Å². The number of hydrogen-bond donors (Lipinski definition) is 2. The monoisotopic (exact) mass is 424 g/mol. The van der Waals surface area contributed by atoms with Crippen molar-refractivity contribution in [2.24, 2.45) is 0 Å². The summed E-state index contributed by atoms with van der Waals surface area (Å²) in [6.07, 6.45) is 0.897. The van der Waals surface area contributed by atoms with Gasteiger partial charge in [0, 0.05) is 5.69 Å². The lowest BCUT2D eigenvalue weighted by Crippen LogP contribution is -2.34. The summed E-state index contributed by atoms with van der Waals surface area (Å²) in [7, 11) is 1.56. The Morgan fingerprint density at radius 3 is 2.39 bits per heavy atom. The molecule has 0 atom stereocenters. The molecule has 0 heterocycles. The van der Waals surface area contributed by atoms with Gasteiger partial charge in [-0.3, -0.25) is 10.1 Å². The van der Waals surface area contributed by atoms with E-state index in [0.717, 1.165) is 22.9 Å². The van der Waals surface area contributed by atoms with Crippen molar-refractivity contribution in [1.82, 2.24) is 5.32 Å². The molecule has 0 saturated carbocycles. The summed E-state index contributed by atoms with van der Waals surface area (Å²) in [6.45, 7) is 0. The highest BCUT2D eigenvalue weighted by Crippen LogP contribution is 2.37. The van der Waals surface area contributed by atoms with Crippen molar-refractivity contribution >= 4 is 39.7 Å². The zero-order valence-corrected chi connectivity index (χ0v) is 17.8. The van der Waals surface area contributed by atoms with E-state index in [1.165, 1.54) is 22.3 Å². The van der Waals surface area contributed by atoms with E-state index < -0.39 is 0 Å². The number of anilines is 1. The average Bonchev–Trinajstić information content (AvgIpc) is 3.15. The number of benzene rings is 4. The Kier molecular flexibility index (Phi) is 4.88. The fraction of sp³-hybridized carbons (Fsp3) is 0.0769. The fourth-order valence-corrected chi connectivity index (χ4v) is 4.33. The maximum Gasteiger partial charge on any atom is 0.261 e. The van der Waals surface area contributed by atoms with Crippen LogP contribution in [0.1, 0.15) is 21.5 Å².